The molecule has 8 heteroatoms. The van der Waals surface area contributed by atoms with Crippen molar-refractivity contribution in [3.05, 3.63) is 54.9 Å². The predicted octanol–water partition coefficient (Wildman–Crippen LogP) is 3.24. The molecule has 0 aliphatic carbocycles. The summed E-state index contributed by atoms with van der Waals surface area (Å²) in [6, 6.07) is 13.6. The molecule has 1 amide bonds. The number of carbonyl (C=O) groups excluding carboxylic acids is 1. The lowest BCUT2D eigenvalue weighted by Gasteiger charge is -2.32. The third-order valence-electron chi connectivity index (χ3n) is 4.83. The Bertz CT molecular complexity index is 928. The molecule has 1 aliphatic heterocycles. The fourth-order valence-corrected chi connectivity index (χ4v) is 3.82. The Hall–Kier alpha value is -2.87. The maximum absolute atomic E-state index is 12.8. The lowest BCUT2D eigenvalue weighted by Crippen LogP contribution is -2.41. The predicted molar refractivity (Wildman–Crippen MR) is 111 cm³/mol. The van der Waals surface area contributed by atoms with E-state index in [0.29, 0.717) is 12.4 Å². The summed E-state index contributed by atoms with van der Waals surface area (Å²) in [6.45, 7) is 1.52. The largest absolute Gasteiger partial charge is 0.354 e. The molecule has 28 heavy (non-hydrogen) atoms. The molecule has 0 bridgehead atoms. The molecule has 0 saturated carbocycles. The summed E-state index contributed by atoms with van der Waals surface area (Å²) >= 11 is 1.66. The van der Waals surface area contributed by atoms with Crippen LogP contribution in [0.4, 0.5) is 11.5 Å². The van der Waals surface area contributed by atoms with Crippen LogP contribution in [0.5, 0.6) is 0 Å². The summed E-state index contributed by atoms with van der Waals surface area (Å²) < 4.78 is 1.67. The van der Waals surface area contributed by atoms with Crippen LogP contribution in [-0.2, 0) is 4.79 Å². The summed E-state index contributed by atoms with van der Waals surface area (Å²) in [7, 11) is 0. The zero-order valence-corrected chi connectivity index (χ0v) is 16.5. The van der Waals surface area contributed by atoms with E-state index in [2.05, 4.69) is 25.5 Å². The maximum atomic E-state index is 12.8. The number of anilines is 2. The Morgan fingerprint density at radius 2 is 2.04 bits per heavy atom. The average molecular weight is 395 g/mol. The minimum Gasteiger partial charge on any atom is -0.354 e. The maximum Gasteiger partial charge on any atom is 0.229 e. The van der Waals surface area contributed by atoms with Crippen molar-refractivity contribution in [2.75, 3.05) is 29.6 Å². The number of carbonyl (C=O) groups is 1. The van der Waals surface area contributed by atoms with Gasteiger partial charge in [0.2, 0.25) is 5.91 Å². The van der Waals surface area contributed by atoms with Crippen molar-refractivity contribution >= 4 is 29.2 Å². The number of thioether (sulfide) groups is 1. The van der Waals surface area contributed by atoms with Crippen molar-refractivity contribution in [3.8, 4) is 5.82 Å². The Labute approximate surface area is 168 Å². The zero-order valence-electron chi connectivity index (χ0n) is 15.7. The van der Waals surface area contributed by atoms with E-state index in [0.717, 1.165) is 35.8 Å². The van der Waals surface area contributed by atoms with Gasteiger partial charge in [-0.3, -0.25) is 4.79 Å². The molecular formula is C20H22N6OS. The van der Waals surface area contributed by atoms with Crippen LogP contribution in [0.25, 0.3) is 5.82 Å². The van der Waals surface area contributed by atoms with Crippen LogP contribution in [0.1, 0.15) is 12.8 Å². The molecule has 1 atom stereocenters. The number of nitrogens with one attached hydrogen (secondary N) is 1. The van der Waals surface area contributed by atoms with Crippen LogP contribution in [0, 0.1) is 5.92 Å². The Kier molecular flexibility index (Phi) is 5.57. The summed E-state index contributed by atoms with van der Waals surface area (Å²) in [5.74, 6) is 1.45. The molecule has 2 aromatic heterocycles. The van der Waals surface area contributed by atoms with Crippen molar-refractivity contribution in [1.82, 2.24) is 20.0 Å². The second kappa shape index (κ2) is 8.43. The number of nitrogens with zero attached hydrogens (tertiary/aromatic N) is 5. The van der Waals surface area contributed by atoms with Gasteiger partial charge in [-0.1, -0.05) is 6.07 Å². The van der Waals surface area contributed by atoms with Gasteiger partial charge in [-0.25, -0.2) is 4.68 Å². The smallest absolute Gasteiger partial charge is 0.229 e. The van der Waals surface area contributed by atoms with E-state index < -0.39 is 0 Å². The molecular weight excluding hydrogens is 372 g/mol. The van der Waals surface area contributed by atoms with Crippen LogP contribution in [0.15, 0.2) is 59.8 Å². The highest BCUT2D eigenvalue weighted by Gasteiger charge is 2.27. The molecule has 0 radical (unpaired) electrons. The first kappa shape index (κ1) is 18.5. The summed E-state index contributed by atoms with van der Waals surface area (Å²) in [6.07, 6.45) is 7.39. The highest BCUT2D eigenvalue weighted by Crippen LogP contribution is 2.24. The highest BCUT2D eigenvalue weighted by molar-refractivity contribution is 7.98. The van der Waals surface area contributed by atoms with Gasteiger partial charge in [-0.05, 0) is 55.5 Å². The second-order valence-corrected chi connectivity index (χ2v) is 7.59. The van der Waals surface area contributed by atoms with Gasteiger partial charge >= 0.3 is 0 Å². The fourth-order valence-electron chi connectivity index (χ4n) is 3.36. The van der Waals surface area contributed by atoms with E-state index in [1.165, 1.54) is 0 Å². The zero-order chi connectivity index (χ0) is 19.3. The van der Waals surface area contributed by atoms with Gasteiger partial charge < -0.3 is 10.2 Å². The lowest BCUT2D eigenvalue weighted by atomic mass is 9.97. The molecule has 4 rings (SSSR count). The third-order valence-corrected chi connectivity index (χ3v) is 5.55. The summed E-state index contributed by atoms with van der Waals surface area (Å²) in [4.78, 5) is 16.0. The van der Waals surface area contributed by atoms with E-state index in [9.17, 15) is 4.79 Å². The highest BCUT2D eigenvalue weighted by atomic mass is 32.2. The van der Waals surface area contributed by atoms with Gasteiger partial charge in [0.25, 0.3) is 0 Å². The van der Waals surface area contributed by atoms with Gasteiger partial charge in [0.1, 0.15) is 0 Å². The Balaban J connectivity index is 1.41. The van der Waals surface area contributed by atoms with E-state index in [-0.39, 0.29) is 11.8 Å². The van der Waals surface area contributed by atoms with Crippen molar-refractivity contribution in [3.63, 3.8) is 0 Å². The van der Waals surface area contributed by atoms with Gasteiger partial charge in [-0.15, -0.1) is 22.0 Å². The third kappa shape index (κ3) is 4.17. The molecule has 1 aliphatic rings. The molecule has 7 nitrogen and oxygen atoms in total. The number of piperidine rings is 1. The fraction of sp³-hybridized carbons (Fsp3) is 0.300. The summed E-state index contributed by atoms with van der Waals surface area (Å²) in [5.41, 5.74) is 0.845. The number of hydrogen-bond donors (Lipinski definition) is 1. The lowest BCUT2D eigenvalue weighted by molar-refractivity contribution is -0.120. The van der Waals surface area contributed by atoms with Crippen molar-refractivity contribution in [2.24, 2.45) is 5.92 Å². The van der Waals surface area contributed by atoms with E-state index in [4.69, 9.17) is 0 Å². The SMILES string of the molecule is CSc1cccc(NC(=O)C2CCCN(c3ccc(-n4cccn4)nn3)C2)c1. The van der Waals surface area contributed by atoms with Crippen molar-refractivity contribution in [1.29, 1.82) is 0 Å². The minimum atomic E-state index is -0.0701. The molecule has 144 valence electrons. The first-order valence-electron chi connectivity index (χ1n) is 9.26. The van der Waals surface area contributed by atoms with E-state index in [1.54, 1.807) is 22.6 Å². The summed E-state index contributed by atoms with van der Waals surface area (Å²) in [5, 5.41) is 15.8. The van der Waals surface area contributed by atoms with Crippen LogP contribution >= 0.6 is 11.8 Å². The van der Waals surface area contributed by atoms with Crippen molar-refractivity contribution in [2.45, 2.75) is 17.7 Å². The van der Waals surface area contributed by atoms with Gasteiger partial charge in [0, 0.05) is 36.1 Å². The first-order chi connectivity index (χ1) is 13.7. The van der Waals surface area contributed by atoms with Gasteiger partial charge in [0.05, 0.1) is 5.92 Å². The quantitative estimate of drug-likeness (QED) is 0.670. The second-order valence-electron chi connectivity index (χ2n) is 6.71. The molecule has 0 spiro atoms. The molecule has 1 unspecified atom stereocenters. The number of aromatic nitrogens is 4. The first-order valence-corrected chi connectivity index (χ1v) is 10.5. The number of rotatable bonds is 5. The van der Waals surface area contributed by atoms with Crippen LogP contribution in [-0.4, -0.2) is 45.2 Å². The minimum absolute atomic E-state index is 0.0593. The normalized spacial score (nSPS) is 16.8. The molecule has 1 fully saturated rings. The van der Waals surface area contributed by atoms with E-state index >= 15 is 0 Å². The van der Waals surface area contributed by atoms with Gasteiger partial charge in [-0.2, -0.15) is 5.10 Å². The van der Waals surface area contributed by atoms with Crippen LogP contribution in [0.3, 0.4) is 0 Å². The standard InChI is InChI=1S/C20H22N6OS/c1-28-17-7-2-6-16(13-17)22-20(27)15-5-3-11-25(14-15)18-8-9-19(24-23-18)26-12-4-10-21-26/h2,4,6-10,12-13,15H,3,5,11,14H2,1H3,(H,22,27). The molecule has 1 aromatic carbocycles. The monoisotopic (exact) mass is 394 g/mol. The van der Waals surface area contributed by atoms with Crippen LogP contribution in [0.2, 0.25) is 0 Å². The molecule has 3 aromatic rings. The molecule has 1 N–H and O–H groups in total. The van der Waals surface area contributed by atoms with Crippen LogP contribution < -0.4 is 10.2 Å². The topological polar surface area (TPSA) is 75.9 Å². The van der Waals surface area contributed by atoms with Gasteiger partial charge in [0.15, 0.2) is 11.6 Å². The average Bonchev–Trinajstić information content (AvgIpc) is 3.29. The number of benzene rings is 1. The Morgan fingerprint density at radius 3 is 2.79 bits per heavy atom. The Morgan fingerprint density at radius 1 is 1.18 bits per heavy atom. The van der Waals surface area contributed by atoms with E-state index in [1.807, 2.05) is 54.9 Å². The number of amides is 1. The molecule has 3 heterocycles. The molecule has 1 saturated heterocycles. The number of hydrogen-bond acceptors (Lipinski definition) is 6. The van der Waals surface area contributed by atoms with Crippen molar-refractivity contribution < 1.29 is 4.79 Å².